The van der Waals surface area contributed by atoms with Crippen LogP contribution in [-0.4, -0.2) is 28.6 Å². The molecule has 0 aliphatic heterocycles. The lowest BCUT2D eigenvalue weighted by atomic mass is 10.2. The lowest BCUT2D eigenvalue weighted by molar-refractivity contribution is 0.0954. The van der Waals surface area contributed by atoms with Crippen molar-refractivity contribution in [3.63, 3.8) is 0 Å². The quantitative estimate of drug-likeness (QED) is 0.264. The van der Waals surface area contributed by atoms with Gasteiger partial charge < -0.3 is 14.6 Å². The minimum Gasteiger partial charge on any atom is -0.494 e. The zero-order valence-electron chi connectivity index (χ0n) is 18.4. The Balaban J connectivity index is 1.37. The molecule has 0 aliphatic carbocycles. The van der Waals surface area contributed by atoms with E-state index >= 15 is 0 Å². The summed E-state index contributed by atoms with van der Waals surface area (Å²) in [6.45, 7) is 3.85. The largest absolute Gasteiger partial charge is 0.494 e. The molecule has 1 aromatic heterocycles. The van der Waals surface area contributed by atoms with Gasteiger partial charge in [-0.1, -0.05) is 45.7 Å². The summed E-state index contributed by atoms with van der Waals surface area (Å²) in [5.41, 5.74) is 3.68. The van der Waals surface area contributed by atoms with Crippen LogP contribution in [0.5, 0.6) is 5.75 Å². The summed E-state index contributed by atoms with van der Waals surface area (Å²) in [6, 6.07) is 21.2. The summed E-state index contributed by atoms with van der Waals surface area (Å²) in [7, 11) is 0. The third-order valence-corrected chi connectivity index (χ3v) is 6.30. The molecule has 1 N–H and O–H groups in total. The number of nitrogens with one attached hydrogen (secondary N) is 1. The molecule has 0 saturated carbocycles. The van der Waals surface area contributed by atoms with Crippen molar-refractivity contribution in [2.75, 3.05) is 13.2 Å². The molecule has 0 atom stereocenters. The number of carbonyl (C=O) groups excluding carboxylic acids is 1. The smallest absolute Gasteiger partial charge is 0.251 e. The molecule has 4 aromatic rings. The molecule has 33 heavy (non-hydrogen) atoms. The molecular weight excluding hydrogens is 502 g/mol. The second-order valence-corrected chi connectivity index (χ2v) is 9.12. The number of fused-ring (bicyclic) bond motifs is 1. The van der Waals surface area contributed by atoms with Crippen molar-refractivity contribution in [3.8, 4) is 5.75 Å². The van der Waals surface area contributed by atoms with Gasteiger partial charge in [-0.05, 0) is 67.4 Å². The van der Waals surface area contributed by atoms with Crippen molar-refractivity contribution in [2.45, 2.75) is 26.3 Å². The number of carbonyl (C=O) groups is 1. The van der Waals surface area contributed by atoms with Crippen LogP contribution in [0.25, 0.3) is 11.0 Å². The number of benzene rings is 3. The molecular formula is C26H25BrClN3O2. The van der Waals surface area contributed by atoms with Crippen LogP contribution in [0.1, 0.15) is 28.2 Å². The summed E-state index contributed by atoms with van der Waals surface area (Å²) < 4.78 is 9.01. The fourth-order valence-electron chi connectivity index (χ4n) is 3.71. The number of para-hydroxylation sites is 2. The molecule has 4 rings (SSSR count). The number of aryl methyl sites for hydroxylation is 2. The Morgan fingerprint density at radius 3 is 2.79 bits per heavy atom. The molecule has 170 valence electrons. The average molecular weight is 527 g/mol. The highest BCUT2D eigenvalue weighted by atomic mass is 79.9. The van der Waals surface area contributed by atoms with E-state index in [-0.39, 0.29) is 5.91 Å². The van der Waals surface area contributed by atoms with E-state index in [1.54, 1.807) is 6.07 Å². The fraction of sp³-hybridized carbons (Fsp3) is 0.231. The summed E-state index contributed by atoms with van der Waals surface area (Å²) in [5.74, 6) is 1.68. The molecule has 1 heterocycles. The Labute approximate surface area is 206 Å². The second-order valence-electron chi connectivity index (χ2n) is 7.80. The third kappa shape index (κ3) is 5.95. The molecule has 5 nitrogen and oxygen atoms in total. The van der Waals surface area contributed by atoms with Gasteiger partial charge in [0.15, 0.2) is 0 Å². The number of amides is 1. The van der Waals surface area contributed by atoms with Crippen LogP contribution in [0.4, 0.5) is 0 Å². The minimum atomic E-state index is -0.0920. The number of halogens is 2. The Morgan fingerprint density at radius 2 is 1.97 bits per heavy atom. The maximum atomic E-state index is 12.5. The monoisotopic (exact) mass is 525 g/mol. The van der Waals surface area contributed by atoms with Gasteiger partial charge in [-0.25, -0.2) is 4.98 Å². The number of nitrogens with zero attached hydrogens (tertiary/aromatic N) is 2. The summed E-state index contributed by atoms with van der Waals surface area (Å²) in [6.07, 6.45) is 1.48. The molecule has 1 amide bonds. The van der Waals surface area contributed by atoms with E-state index in [1.165, 1.54) is 0 Å². The lowest BCUT2D eigenvalue weighted by Crippen LogP contribution is -2.26. The van der Waals surface area contributed by atoms with Gasteiger partial charge in [-0.3, -0.25) is 4.79 Å². The number of rotatable bonds is 9. The normalized spacial score (nSPS) is 11.0. The van der Waals surface area contributed by atoms with Crippen LogP contribution in [0.15, 0.2) is 71.2 Å². The highest BCUT2D eigenvalue weighted by Gasteiger charge is 2.12. The van der Waals surface area contributed by atoms with Crippen LogP contribution in [0, 0.1) is 6.92 Å². The van der Waals surface area contributed by atoms with Gasteiger partial charge in [0.2, 0.25) is 0 Å². The molecule has 0 spiro atoms. The Hall–Kier alpha value is -2.83. The Bertz CT molecular complexity index is 1270. The molecule has 0 radical (unpaired) electrons. The Kier molecular flexibility index (Phi) is 7.68. The highest BCUT2D eigenvalue weighted by Crippen LogP contribution is 2.22. The van der Waals surface area contributed by atoms with E-state index in [2.05, 4.69) is 31.9 Å². The van der Waals surface area contributed by atoms with Crippen LogP contribution < -0.4 is 10.1 Å². The zero-order chi connectivity index (χ0) is 23.2. The zero-order valence-corrected chi connectivity index (χ0v) is 20.7. The van der Waals surface area contributed by atoms with Crippen LogP contribution in [0.3, 0.4) is 0 Å². The first-order valence-corrected chi connectivity index (χ1v) is 12.1. The van der Waals surface area contributed by atoms with Gasteiger partial charge in [0.05, 0.1) is 17.6 Å². The Morgan fingerprint density at radius 1 is 1.12 bits per heavy atom. The predicted octanol–water partition coefficient (Wildman–Crippen LogP) is 6.20. The van der Waals surface area contributed by atoms with Crippen molar-refractivity contribution in [1.29, 1.82) is 0 Å². The van der Waals surface area contributed by atoms with Gasteiger partial charge in [0.1, 0.15) is 11.6 Å². The minimum absolute atomic E-state index is 0.0920. The molecule has 0 unspecified atom stereocenters. The van der Waals surface area contributed by atoms with Crippen molar-refractivity contribution in [1.82, 2.24) is 14.9 Å². The molecule has 0 saturated heterocycles. The molecule has 0 fully saturated rings. The van der Waals surface area contributed by atoms with E-state index in [0.29, 0.717) is 25.1 Å². The van der Waals surface area contributed by atoms with Crippen molar-refractivity contribution < 1.29 is 9.53 Å². The lowest BCUT2D eigenvalue weighted by Gasteiger charge is -2.11. The number of hydrogen-bond donors (Lipinski definition) is 1. The van der Waals surface area contributed by atoms with Crippen molar-refractivity contribution >= 4 is 44.5 Å². The van der Waals surface area contributed by atoms with Crippen LogP contribution >= 0.6 is 27.5 Å². The van der Waals surface area contributed by atoms with Gasteiger partial charge in [0.25, 0.3) is 5.91 Å². The first kappa shape index (κ1) is 23.3. The van der Waals surface area contributed by atoms with Crippen LogP contribution in [-0.2, 0) is 13.0 Å². The SMILES string of the molecule is Cc1cc(OCCCn2c(CCNC(=O)c3cccc(Br)c3)nc3ccccc32)ccc1Cl. The standard InChI is InChI=1S/C26H25BrClN3O2/c1-18-16-21(10-11-22(18)28)33-15-5-14-31-24-9-3-2-8-23(24)30-25(31)12-13-29-26(32)19-6-4-7-20(27)17-19/h2-4,6-11,16-17H,5,12-15H2,1H3,(H,29,32). The number of hydrogen-bond acceptors (Lipinski definition) is 3. The summed E-state index contributed by atoms with van der Waals surface area (Å²) >= 11 is 9.50. The molecule has 7 heteroatoms. The topological polar surface area (TPSA) is 56.1 Å². The van der Waals surface area contributed by atoms with Crippen molar-refractivity contribution in [2.24, 2.45) is 0 Å². The first-order chi connectivity index (χ1) is 16.0. The first-order valence-electron chi connectivity index (χ1n) is 10.9. The third-order valence-electron chi connectivity index (χ3n) is 5.38. The fourth-order valence-corrected chi connectivity index (χ4v) is 4.22. The maximum absolute atomic E-state index is 12.5. The van der Waals surface area contributed by atoms with E-state index in [1.807, 2.05) is 61.5 Å². The summed E-state index contributed by atoms with van der Waals surface area (Å²) in [4.78, 5) is 17.3. The average Bonchev–Trinajstić information content (AvgIpc) is 3.16. The van der Waals surface area contributed by atoms with Gasteiger partial charge in [0, 0.05) is 34.6 Å². The highest BCUT2D eigenvalue weighted by molar-refractivity contribution is 9.10. The van der Waals surface area contributed by atoms with E-state index in [4.69, 9.17) is 21.3 Å². The predicted molar refractivity (Wildman–Crippen MR) is 136 cm³/mol. The van der Waals surface area contributed by atoms with E-state index in [9.17, 15) is 4.79 Å². The molecule has 0 aliphatic rings. The van der Waals surface area contributed by atoms with E-state index < -0.39 is 0 Å². The van der Waals surface area contributed by atoms with Gasteiger partial charge in [-0.15, -0.1) is 0 Å². The number of ether oxygens (including phenoxy) is 1. The van der Waals surface area contributed by atoms with E-state index in [0.717, 1.165) is 50.6 Å². The number of imidazole rings is 1. The van der Waals surface area contributed by atoms with Gasteiger partial charge >= 0.3 is 0 Å². The van der Waals surface area contributed by atoms with Gasteiger partial charge in [-0.2, -0.15) is 0 Å². The molecule has 0 bridgehead atoms. The van der Waals surface area contributed by atoms with Crippen LogP contribution in [0.2, 0.25) is 5.02 Å². The summed E-state index contributed by atoms with van der Waals surface area (Å²) in [5, 5.41) is 3.74. The maximum Gasteiger partial charge on any atom is 0.251 e. The number of aromatic nitrogens is 2. The molecule has 3 aromatic carbocycles. The second kappa shape index (κ2) is 10.9. The van der Waals surface area contributed by atoms with Crippen molar-refractivity contribution in [3.05, 3.63) is 93.2 Å².